The number of piperidine rings is 1. The van der Waals surface area contributed by atoms with Crippen LogP contribution in [-0.2, 0) is 19.8 Å². The summed E-state index contributed by atoms with van der Waals surface area (Å²) in [6.45, 7) is 0.758. The Bertz CT molecular complexity index is 1310. The first kappa shape index (κ1) is 25.7. The van der Waals surface area contributed by atoms with Crippen molar-refractivity contribution in [2.24, 2.45) is 7.05 Å². The first-order valence-corrected chi connectivity index (χ1v) is 11.3. The zero-order valence-electron chi connectivity index (χ0n) is 19.0. The van der Waals surface area contributed by atoms with Gasteiger partial charge in [-0.1, -0.05) is 17.7 Å². The van der Waals surface area contributed by atoms with Crippen molar-refractivity contribution in [2.45, 2.75) is 31.8 Å². The molecule has 0 N–H and O–H groups in total. The monoisotopic (exact) mass is 529 g/mol. The van der Waals surface area contributed by atoms with Crippen LogP contribution in [-0.4, -0.2) is 28.8 Å². The lowest BCUT2D eigenvalue weighted by Gasteiger charge is -2.31. The predicted octanol–water partition coefficient (Wildman–Crippen LogP) is 5.90. The van der Waals surface area contributed by atoms with E-state index in [4.69, 9.17) is 21.1 Å². The average Bonchev–Trinajstić information content (AvgIpc) is 2.82. The van der Waals surface area contributed by atoms with Crippen LogP contribution in [0.5, 0.6) is 17.4 Å². The molecule has 1 aliphatic heterocycles. The van der Waals surface area contributed by atoms with Gasteiger partial charge in [0.15, 0.2) is 11.6 Å². The van der Waals surface area contributed by atoms with Gasteiger partial charge in [0, 0.05) is 26.2 Å². The molecule has 4 rings (SSSR count). The van der Waals surface area contributed by atoms with Gasteiger partial charge in [-0.25, -0.2) is 13.6 Å². The van der Waals surface area contributed by atoms with Gasteiger partial charge < -0.3 is 14.4 Å². The highest BCUT2D eigenvalue weighted by atomic mass is 35.5. The molecule has 1 aromatic heterocycles. The van der Waals surface area contributed by atoms with Gasteiger partial charge in [0.2, 0.25) is 5.88 Å². The second kappa shape index (κ2) is 10.3. The third-order valence-electron chi connectivity index (χ3n) is 5.69. The SMILES string of the molecule is Cn1c(N2CCC(F)CC2)cc(OCc2ccc(Oc3ccc(Cl)c(C(F)(F)F)c3)c(F)c2)nc1=O. The van der Waals surface area contributed by atoms with Crippen LogP contribution in [0, 0.1) is 5.82 Å². The lowest BCUT2D eigenvalue weighted by Crippen LogP contribution is -2.38. The van der Waals surface area contributed by atoms with E-state index in [0.29, 0.717) is 43.4 Å². The van der Waals surface area contributed by atoms with Crippen LogP contribution in [0.15, 0.2) is 47.3 Å². The average molecular weight is 530 g/mol. The number of aromatic nitrogens is 2. The Balaban J connectivity index is 1.46. The smallest absolute Gasteiger partial charge is 0.417 e. The zero-order chi connectivity index (χ0) is 26.0. The fourth-order valence-electron chi connectivity index (χ4n) is 3.75. The molecule has 1 saturated heterocycles. The van der Waals surface area contributed by atoms with Gasteiger partial charge in [0.05, 0.1) is 10.6 Å². The van der Waals surface area contributed by atoms with Crippen molar-refractivity contribution in [3.8, 4) is 17.4 Å². The molecular formula is C24H21ClF5N3O3. The highest BCUT2D eigenvalue weighted by Gasteiger charge is 2.33. The number of halogens is 6. The fourth-order valence-corrected chi connectivity index (χ4v) is 3.97. The Morgan fingerprint density at radius 1 is 1.11 bits per heavy atom. The van der Waals surface area contributed by atoms with Gasteiger partial charge in [0.25, 0.3) is 0 Å². The maximum absolute atomic E-state index is 14.6. The minimum absolute atomic E-state index is 0.0250. The Hall–Kier alpha value is -3.34. The number of nitrogens with zero attached hydrogens (tertiary/aromatic N) is 3. The van der Waals surface area contributed by atoms with Crippen molar-refractivity contribution in [3.63, 3.8) is 0 Å². The lowest BCUT2D eigenvalue weighted by atomic mass is 10.1. The van der Waals surface area contributed by atoms with Crippen LogP contribution in [0.2, 0.25) is 5.02 Å². The summed E-state index contributed by atoms with van der Waals surface area (Å²) in [6, 6.07) is 8.28. The molecule has 1 fully saturated rings. The highest BCUT2D eigenvalue weighted by molar-refractivity contribution is 6.31. The van der Waals surface area contributed by atoms with E-state index in [2.05, 4.69) is 4.98 Å². The molecule has 0 radical (unpaired) electrons. The number of anilines is 1. The van der Waals surface area contributed by atoms with Crippen molar-refractivity contribution >= 4 is 17.4 Å². The van der Waals surface area contributed by atoms with E-state index < -0.39 is 34.4 Å². The second-order valence-corrected chi connectivity index (χ2v) is 8.66. The molecule has 0 atom stereocenters. The van der Waals surface area contributed by atoms with Crippen LogP contribution in [0.4, 0.5) is 27.8 Å². The second-order valence-electron chi connectivity index (χ2n) is 8.25. The third kappa shape index (κ3) is 5.89. The molecule has 0 bridgehead atoms. The minimum atomic E-state index is -4.69. The van der Waals surface area contributed by atoms with Crippen LogP contribution in [0.25, 0.3) is 0 Å². The van der Waals surface area contributed by atoms with Crippen LogP contribution >= 0.6 is 11.6 Å². The Morgan fingerprint density at radius 3 is 2.50 bits per heavy atom. The first-order valence-electron chi connectivity index (χ1n) is 10.9. The topological polar surface area (TPSA) is 56.6 Å². The van der Waals surface area contributed by atoms with E-state index in [1.807, 2.05) is 4.90 Å². The van der Waals surface area contributed by atoms with Gasteiger partial charge in [-0.05, 0) is 48.7 Å². The molecule has 0 aliphatic carbocycles. The Labute approximate surface area is 207 Å². The molecular weight excluding hydrogens is 509 g/mol. The molecule has 12 heteroatoms. The summed E-state index contributed by atoms with van der Waals surface area (Å²) in [5, 5.41) is -0.498. The summed E-state index contributed by atoms with van der Waals surface area (Å²) in [7, 11) is 1.56. The van der Waals surface area contributed by atoms with Gasteiger partial charge in [-0.3, -0.25) is 4.57 Å². The van der Waals surface area contributed by atoms with Crippen LogP contribution in [0.1, 0.15) is 24.0 Å². The molecule has 0 spiro atoms. The maximum atomic E-state index is 14.6. The van der Waals surface area contributed by atoms with Crippen molar-refractivity contribution < 1.29 is 31.4 Å². The number of hydrogen-bond acceptors (Lipinski definition) is 5. The van der Waals surface area contributed by atoms with E-state index in [0.717, 1.165) is 12.1 Å². The lowest BCUT2D eigenvalue weighted by molar-refractivity contribution is -0.137. The first-order chi connectivity index (χ1) is 17.0. The van der Waals surface area contributed by atoms with Gasteiger partial charge in [-0.2, -0.15) is 18.2 Å². The van der Waals surface area contributed by atoms with E-state index in [1.54, 1.807) is 13.1 Å². The Kier molecular flexibility index (Phi) is 7.39. The van der Waals surface area contributed by atoms with Gasteiger partial charge in [-0.15, -0.1) is 0 Å². The number of ether oxygens (including phenoxy) is 2. The molecule has 0 amide bonds. The van der Waals surface area contributed by atoms with E-state index >= 15 is 0 Å². The van der Waals surface area contributed by atoms with Crippen molar-refractivity contribution in [1.82, 2.24) is 9.55 Å². The quantitative estimate of drug-likeness (QED) is 0.372. The van der Waals surface area contributed by atoms with Crippen molar-refractivity contribution in [2.75, 3.05) is 18.0 Å². The molecule has 36 heavy (non-hydrogen) atoms. The van der Waals surface area contributed by atoms with Gasteiger partial charge >= 0.3 is 11.9 Å². The molecule has 0 saturated carbocycles. The summed E-state index contributed by atoms with van der Waals surface area (Å²) in [5.74, 6) is -0.792. The van der Waals surface area contributed by atoms with Gasteiger partial charge in [0.1, 0.15) is 24.3 Å². The molecule has 0 unspecified atom stereocenters. The van der Waals surface area contributed by atoms with E-state index in [-0.39, 0.29) is 24.0 Å². The van der Waals surface area contributed by atoms with Crippen LogP contribution < -0.4 is 20.1 Å². The highest BCUT2D eigenvalue weighted by Crippen LogP contribution is 2.38. The van der Waals surface area contributed by atoms with Crippen molar-refractivity contribution in [3.05, 3.63) is 74.9 Å². The summed E-state index contributed by atoms with van der Waals surface area (Å²) in [6.07, 6.45) is -4.85. The predicted molar refractivity (Wildman–Crippen MR) is 123 cm³/mol. The number of benzene rings is 2. The number of alkyl halides is 4. The van der Waals surface area contributed by atoms with E-state index in [1.165, 1.54) is 22.8 Å². The standard InChI is InChI=1S/C24H21ClF5N3O3/c1-32-22(33-8-6-15(26)7-9-33)12-21(31-23(32)34)35-13-14-2-5-20(19(27)10-14)36-16-3-4-18(25)17(11-16)24(28,29)30/h2-5,10-12,15H,6-9,13H2,1H3. The molecule has 6 nitrogen and oxygen atoms in total. The molecule has 3 aromatic rings. The zero-order valence-corrected chi connectivity index (χ0v) is 19.7. The van der Waals surface area contributed by atoms with Crippen molar-refractivity contribution in [1.29, 1.82) is 0 Å². The molecule has 2 aromatic carbocycles. The summed E-state index contributed by atoms with van der Waals surface area (Å²) in [5.41, 5.74) is -1.28. The minimum Gasteiger partial charge on any atom is -0.473 e. The fraction of sp³-hybridized carbons (Fsp3) is 0.333. The van der Waals surface area contributed by atoms with E-state index in [9.17, 15) is 26.7 Å². The largest absolute Gasteiger partial charge is 0.473 e. The summed E-state index contributed by atoms with van der Waals surface area (Å²) >= 11 is 5.59. The summed E-state index contributed by atoms with van der Waals surface area (Å²) in [4.78, 5) is 18.0. The number of rotatable bonds is 6. The Morgan fingerprint density at radius 2 is 1.83 bits per heavy atom. The third-order valence-corrected chi connectivity index (χ3v) is 6.02. The number of hydrogen-bond donors (Lipinski definition) is 0. The maximum Gasteiger partial charge on any atom is 0.417 e. The molecule has 192 valence electrons. The van der Waals surface area contributed by atoms with Crippen LogP contribution in [0.3, 0.4) is 0 Å². The normalized spacial score (nSPS) is 14.7. The molecule has 1 aliphatic rings. The molecule has 2 heterocycles. The summed E-state index contributed by atoms with van der Waals surface area (Å²) < 4.78 is 79.4.